The number of H-pyrrole nitrogens is 1. The van der Waals surface area contributed by atoms with Gasteiger partial charge in [-0.15, -0.1) is 0 Å². The van der Waals surface area contributed by atoms with Crippen molar-refractivity contribution in [2.75, 3.05) is 11.9 Å². The second-order valence-electron chi connectivity index (χ2n) is 6.00. The predicted molar refractivity (Wildman–Crippen MR) is 101 cm³/mol. The smallest absolute Gasteiger partial charge is 0.411 e. The van der Waals surface area contributed by atoms with E-state index in [-0.39, 0.29) is 23.2 Å². The molecule has 1 aliphatic rings. The lowest BCUT2D eigenvalue weighted by Gasteiger charge is -2.14. The number of amides is 1. The van der Waals surface area contributed by atoms with Gasteiger partial charge in [0.05, 0.1) is 5.69 Å². The van der Waals surface area contributed by atoms with Crippen LogP contribution in [0.5, 0.6) is 0 Å². The van der Waals surface area contributed by atoms with Crippen LogP contribution in [0.1, 0.15) is 17.0 Å². The summed E-state index contributed by atoms with van der Waals surface area (Å²) in [6.07, 6.45) is -0.624. The first-order valence-electron chi connectivity index (χ1n) is 8.14. The van der Waals surface area contributed by atoms with Crippen molar-refractivity contribution in [2.24, 2.45) is 0 Å². The maximum absolute atomic E-state index is 12.1. The Labute approximate surface area is 154 Å². The second-order valence-corrected chi connectivity index (χ2v) is 6.38. The maximum atomic E-state index is 12.1. The van der Waals surface area contributed by atoms with Crippen molar-refractivity contribution in [1.82, 2.24) is 4.98 Å². The molecule has 1 heterocycles. The molecule has 0 bridgehead atoms. The van der Waals surface area contributed by atoms with Gasteiger partial charge in [0.2, 0.25) is 5.56 Å². The third-order valence-electron chi connectivity index (χ3n) is 4.45. The molecular formula is C20H15ClN2O3. The van der Waals surface area contributed by atoms with Crippen LogP contribution >= 0.6 is 11.6 Å². The molecule has 0 saturated carbocycles. The second kappa shape index (κ2) is 6.69. The minimum absolute atomic E-state index is 0.0146. The zero-order chi connectivity index (χ0) is 18.1. The van der Waals surface area contributed by atoms with Crippen LogP contribution in [0.2, 0.25) is 5.15 Å². The first kappa shape index (κ1) is 16.4. The van der Waals surface area contributed by atoms with Gasteiger partial charge in [-0.25, -0.2) is 4.79 Å². The summed E-state index contributed by atoms with van der Waals surface area (Å²) in [5.74, 6) is -0.0146. The van der Waals surface area contributed by atoms with E-state index in [1.54, 1.807) is 0 Å². The number of aromatic nitrogens is 1. The molecule has 1 amide bonds. The Hall–Kier alpha value is -3.05. The number of hydrogen-bond acceptors (Lipinski definition) is 3. The molecule has 130 valence electrons. The van der Waals surface area contributed by atoms with Crippen LogP contribution in [0.25, 0.3) is 11.1 Å². The molecule has 1 aromatic heterocycles. The largest absolute Gasteiger partial charge is 0.448 e. The number of anilines is 1. The van der Waals surface area contributed by atoms with Crippen molar-refractivity contribution >= 4 is 23.4 Å². The highest BCUT2D eigenvalue weighted by molar-refractivity contribution is 6.32. The summed E-state index contributed by atoms with van der Waals surface area (Å²) < 4.78 is 5.43. The molecule has 6 heteroatoms. The van der Waals surface area contributed by atoms with Gasteiger partial charge in [-0.3, -0.25) is 10.1 Å². The van der Waals surface area contributed by atoms with Crippen molar-refractivity contribution in [3.8, 4) is 11.1 Å². The molecule has 2 N–H and O–H groups in total. The molecule has 0 radical (unpaired) electrons. The molecule has 26 heavy (non-hydrogen) atoms. The third-order valence-corrected chi connectivity index (χ3v) is 4.75. The Bertz CT molecular complexity index is 999. The maximum Gasteiger partial charge on any atom is 0.411 e. The molecule has 2 aromatic carbocycles. The number of carbonyl (C=O) groups excluding carboxylic acids is 1. The lowest BCUT2D eigenvalue weighted by atomic mass is 9.98. The average Bonchev–Trinajstić information content (AvgIpc) is 2.96. The zero-order valence-corrected chi connectivity index (χ0v) is 14.4. The number of benzene rings is 2. The van der Waals surface area contributed by atoms with E-state index in [0.29, 0.717) is 5.69 Å². The van der Waals surface area contributed by atoms with Gasteiger partial charge in [-0.2, -0.15) is 0 Å². The van der Waals surface area contributed by atoms with Crippen LogP contribution in [-0.2, 0) is 4.74 Å². The van der Waals surface area contributed by atoms with Crippen LogP contribution < -0.4 is 10.9 Å². The molecule has 3 aromatic rings. The number of aromatic amines is 1. The van der Waals surface area contributed by atoms with Gasteiger partial charge in [0, 0.05) is 12.0 Å². The lowest BCUT2D eigenvalue weighted by Crippen LogP contribution is -2.19. The topological polar surface area (TPSA) is 71.2 Å². The van der Waals surface area contributed by atoms with Crippen molar-refractivity contribution < 1.29 is 9.53 Å². The predicted octanol–water partition coefficient (Wildman–Crippen LogP) is 4.39. The molecule has 0 unspecified atom stereocenters. The lowest BCUT2D eigenvalue weighted by molar-refractivity contribution is 0.158. The van der Waals surface area contributed by atoms with Crippen LogP contribution in [0.3, 0.4) is 0 Å². The summed E-state index contributed by atoms with van der Waals surface area (Å²) in [5.41, 5.74) is 4.57. The van der Waals surface area contributed by atoms with Gasteiger partial charge in [0.25, 0.3) is 0 Å². The van der Waals surface area contributed by atoms with Crippen molar-refractivity contribution in [3.05, 3.63) is 87.3 Å². The summed E-state index contributed by atoms with van der Waals surface area (Å²) in [6, 6.07) is 19.0. The minimum Gasteiger partial charge on any atom is -0.448 e. The van der Waals surface area contributed by atoms with Gasteiger partial charge in [-0.05, 0) is 28.3 Å². The summed E-state index contributed by atoms with van der Waals surface area (Å²) in [6.45, 7) is 0.209. The van der Waals surface area contributed by atoms with E-state index in [1.165, 1.54) is 23.3 Å². The zero-order valence-electron chi connectivity index (χ0n) is 13.7. The summed E-state index contributed by atoms with van der Waals surface area (Å²) in [4.78, 5) is 25.7. The van der Waals surface area contributed by atoms with Crippen molar-refractivity contribution in [3.63, 3.8) is 0 Å². The average molecular weight is 367 g/mol. The SMILES string of the molecule is O=C(Nc1ccc(=O)[nH]c1Cl)OCC1c2ccccc2-c2ccccc21. The molecule has 0 atom stereocenters. The Balaban J connectivity index is 1.51. The molecule has 1 aliphatic carbocycles. The van der Waals surface area contributed by atoms with Crippen LogP contribution in [0.15, 0.2) is 65.5 Å². The van der Waals surface area contributed by atoms with Crippen LogP contribution in [-0.4, -0.2) is 17.7 Å². The number of pyridine rings is 1. The molecule has 0 aliphatic heterocycles. The molecule has 0 spiro atoms. The Morgan fingerprint density at radius 2 is 1.62 bits per heavy atom. The molecular weight excluding hydrogens is 352 g/mol. The van der Waals surface area contributed by atoms with Crippen LogP contribution in [0.4, 0.5) is 10.5 Å². The number of nitrogens with one attached hydrogen (secondary N) is 2. The monoisotopic (exact) mass is 366 g/mol. The fourth-order valence-electron chi connectivity index (χ4n) is 3.29. The highest BCUT2D eigenvalue weighted by Crippen LogP contribution is 2.44. The molecule has 5 nitrogen and oxygen atoms in total. The van der Waals surface area contributed by atoms with Crippen molar-refractivity contribution in [2.45, 2.75) is 5.92 Å². The number of ether oxygens (including phenoxy) is 1. The summed E-state index contributed by atoms with van der Waals surface area (Å²) >= 11 is 5.91. The van der Waals surface area contributed by atoms with Gasteiger partial charge in [0.15, 0.2) is 0 Å². The summed E-state index contributed by atoms with van der Waals surface area (Å²) in [5, 5.41) is 2.61. The fourth-order valence-corrected chi connectivity index (χ4v) is 3.49. The van der Waals surface area contributed by atoms with Crippen molar-refractivity contribution in [1.29, 1.82) is 0 Å². The van der Waals surface area contributed by atoms with E-state index in [9.17, 15) is 9.59 Å². The number of halogens is 1. The Kier molecular flexibility index (Phi) is 4.22. The Morgan fingerprint density at radius 3 is 2.23 bits per heavy atom. The van der Waals surface area contributed by atoms with E-state index in [2.05, 4.69) is 34.6 Å². The fraction of sp³-hybridized carbons (Fsp3) is 0.100. The van der Waals surface area contributed by atoms with Gasteiger partial charge in [-0.1, -0.05) is 60.1 Å². The van der Waals surface area contributed by atoms with E-state index < -0.39 is 6.09 Å². The van der Waals surface area contributed by atoms with Gasteiger partial charge < -0.3 is 9.72 Å². The van der Waals surface area contributed by atoms with E-state index in [4.69, 9.17) is 16.3 Å². The number of hydrogen-bond donors (Lipinski definition) is 2. The van der Waals surface area contributed by atoms with E-state index in [1.807, 2.05) is 24.3 Å². The first-order valence-corrected chi connectivity index (χ1v) is 8.52. The highest BCUT2D eigenvalue weighted by Gasteiger charge is 2.29. The van der Waals surface area contributed by atoms with E-state index in [0.717, 1.165) is 11.1 Å². The quantitative estimate of drug-likeness (QED) is 0.675. The Morgan fingerprint density at radius 1 is 1.00 bits per heavy atom. The van der Waals surface area contributed by atoms with Gasteiger partial charge in [0.1, 0.15) is 11.8 Å². The molecule has 0 saturated heterocycles. The number of carbonyl (C=O) groups is 1. The first-order chi connectivity index (χ1) is 12.6. The van der Waals surface area contributed by atoms with Crippen LogP contribution in [0, 0.1) is 0 Å². The summed E-state index contributed by atoms with van der Waals surface area (Å²) in [7, 11) is 0. The number of rotatable bonds is 3. The van der Waals surface area contributed by atoms with E-state index >= 15 is 0 Å². The third kappa shape index (κ3) is 2.97. The molecule has 0 fully saturated rings. The number of fused-ring (bicyclic) bond motifs is 3. The highest BCUT2D eigenvalue weighted by atomic mass is 35.5. The van der Waals surface area contributed by atoms with Gasteiger partial charge >= 0.3 is 6.09 Å². The molecule has 4 rings (SSSR count). The minimum atomic E-state index is -0.624. The standard InChI is InChI=1S/C20H15ClN2O3/c21-19-17(9-10-18(24)23-19)22-20(25)26-11-16-14-7-3-1-5-12(14)13-6-2-4-8-15(13)16/h1-10,16H,11H2,(H,22,25)(H,23,24). The normalized spacial score (nSPS) is 12.3.